The number of ether oxygens (including phenoxy) is 1. The monoisotopic (exact) mass is 318 g/mol. The molecule has 0 amide bonds. The zero-order valence-corrected chi connectivity index (χ0v) is 13.3. The first kappa shape index (κ1) is 14.8. The van der Waals surface area contributed by atoms with Gasteiger partial charge in [-0.2, -0.15) is 4.52 Å². The molecule has 0 aromatic carbocycles. The molecule has 1 N–H and O–H groups in total. The molecule has 8 nitrogen and oxygen atoms in total. The van der Waals surface area contributed by atoms with Crippen molar-refractivity contribution in [3.05, 3.63) is 18.5 Å². The summed E-state index contributed by atoms with van der Waals surface area (Å²) in [5.41, 5.74) is 0.150. The van der Waals surface area contributed by atoms with Gasteiger partial charge in [0.2, 0.25) is 0 Å². The number of aliphatic hydroxyl groups is 1. The van der Waals surface area contributed by atoms with E-state index in [1.807, 2.05) is 12.1 Å². The maximum atomic E-state index is 10.6. The van der Waals surface area contributed by atoms with Gasteiger partial charge < -0.3 is 14.7 Å². The second-order valence-corrected chi connectivity index (χ2v) is 6.64. The number of rotatable bonds is 4. The molecule has 0 atom stereocenters. The summed E-state index contributed by atoms with van der Waals surface area (Å²) in [7, 11) is 2.09. The highest BCUT2D eigenvalue weighted by Gasteiger charge is 2.37. The molecule has 2 saturated heterocycles. The Labute approximate surface area is 134 Å². The molecule has 2 fully saturated rings. The molecular weight excluding hydrogens is 296 g/mol. The van der Waals surface area contributed by atoms with Crippen LogP contribution in [0.3, 0.4) is 0 Å². The van der Waals surface area contributed by atoms with Crippen LogP contribution in [0.2, 0.25) is 0 Å². The van der Waals surface area contributed by atoms with Crippen molar-refractivity contribution in [2.45, 2.75) is 24.5 Å². The van der Waals surface area contributed by atoms with Crippen molar-refractivity contribution in [2.24, 2.45) is 0 Å². The third-order valence-electron chi connectivity index (χ3n) is 4.92. The summed E-state index contributed by atoms with van der Waals surface area (Å²) in [5.74, 6) is 0.937. The molecule has 0 radical (unpaired) electrons. The Morgan fingerprint density at radius 3 is 2.91 bits per heavy atom. The summed E-state index contributed by atoms with van der Waals surface area (Å²) < 4.78 is 7.03. The second kappa shape index (κ2) is 5.70. The van der Waals surface area contributed by atoms with E-state index in [1.165, 1.54) is 0 Å². The summed E-state index contributed by atoms with van der Waals surface area (Å²) in [5, 5.41) is 22.9. The van der Waals surface area contributed by atoms with Crippen molar-refractivity contribution in [2.75, 3.05) is 44.8 Å². The van der Waals surface area contributed by atoms with Crippen molar-refractivity contribution in [1.82, 2.24) is 24.7 Å². The number of aromatic nitrogens is 4. The van der Waals surface area contributed by atoms with E-state index in [2.05, 4.69) is 32.1 Å². The Morgan fingerprint density at radius 1 is 1.35 bits per heavy atom. The SMILES string of the molecule is CN(CC1(O)CCOCC1)C1CN(c2ccc3nncn3n2)C1. The number of hydrogen-bond donors (Lipinski definition) is 1. The van der Waals surface area contributed by atoms with Gasteiger partial charge in [0.05, 0.1) is 5.60 Å². The first-order chi connectivity index (χ1) is 11.1. The molecular formula is C15H22N6O2. The molecule has 23 heavy (non-hydrogen) atoms. The van der Waals surface area contributed by atoms with Crippen LogP contribution in [0.4, 0.5) is 5.82 Å². The standard InChI is InChI=1S/C15H22N6O2/c1-19(10-15(22)4-6-23-7-5-15)12-8-20(9-12)14-3-2-13-17-16-11-21(13)18-14/h2-3,11-12,22H,4-10H2,1H3. The minimum absolute atomic E-state index is 0.445. The van der Waals surface area contributed by atoms with E-state index in [1.54, 1.807) is 10.8 Å². The number of nitrogens with zero attached hydrogens (tertiary/aromatic N) is 6. The molecule has 0 spiro atoms. The van der Waals surface area contributed by atoms with Crippen LogP contribution < -0.4 is 4.90 Å². The van der Waals surface area contributed by atoms with Gasteiger partial charge in [-0.05, 0) is 19.2 Å². The van der Waals surface area contributed by atoms with Crippen LogP contribution in [0, 0.1) is 0 Å². The summed E-state index contributed by atoms with van der Waals surface area (Å²) in [6, 6.07) is 4.35. The molecule has 2 aromatic rings. The molecule has 2 aliphatic heterocycles. The average Bonchev–Trinajstić information content (AvgIpc) is 2.93. The van der Waals surface area contributed by atoms with Crippen molar-refractivity contribution in [3.8, 4) is 0 Å². The molecule has 4 heterocycles. The molecule has 124 valence electrons. The summed E-state index contributed by atoms with van der Waals surface area (Å²) in [6.07, 6.45) is 3.06. The van der Waals surface area contributed by atoms with Gasteiger partial charge in [0, 0.05) is 51.7 Å². The minimum Gasteiger partial charge on any atom is -0.388 e. The normalized spacial score (nSPS) is 21.8. The Morgan fingerprint density at radius 2 is 2.13 bits per heavy atom. The highest BCUT2D eigenvalue weighted by atomic mass is 16.5. The van der Waals surface area contributed by atoms with Crippen molar-refractivity contribution in [3.63, 3.8) is 0 Å². The van der Waals surface area contributed by atoms with Crippen LogP contribution in [0.15, 0.2) is 18.5 Å². The maximum Gasteiger partial charge on any atom is 0.177 e. The zero-order chi connectivity index (χ0) is 15.9. The first-order valence-corrected chi connectivity index (χ1v) is 8.05. The van der Waals surface area contributed by atoms with Gasteiger partial charge in [0.25, 0.3) is 0 Å². The van der Waals surface area contributed by atoms with E-state index in [4.69, 9.17) is 4.74 Å². The highest BCUT2D eigenvalue weighted by molar-refractivity contribution is 5.47. The molecule has 0 saturated carbocycles. The maximum absolute atomic E-state index is 10.6. The van der Waals surface area contributed by atoms with E-state index in [9.17, 15) is 5.11 Å². The number of fused-ring (bicyclic) bond motifs is 1. The van der Waals surface area contributed by atoms with Gasteiger partial charge in [-0.3, -0.25) is 4.90 Å². The summed E-state index contributed by atoms with van der Waals surface area (Å²) >= 11 is 0. The van der Waals surface area contributed by atoms with E-state index in [0.29, 0.717) is 25.8 Å². The summed E-state index contributed by atoms with van der Waals surface area (Å²) in [4.78, 5) is 4.49. The van der Waals surface area contributed by atoms with E-state index in [0.717, 1.165) is 37.4 Å². The van der Waals surface area contributed by atoms with Gasteiger partial charge in [0.1, 0.15) is 12.1 Å². The van der Waals surface area contributed by atoms with Gasteiger partial charge in [-0.25, -0.2) is 0 Å². The quantitative estimate of drug-likeness (QED) is 0.835. The van der Waals surface area contributed by atoms with Gasteiger partial charge in [-0.1, -0.05) is 0 Å². The summed E-state index contributed by atoms with van der Waals surface area (Å²) in [6.45, 7) is 3.86. The largest absolute Gasteiger partial charge is 0.388 e. The third kappa shape index (κ3) is 2.89. The lowest BCUT2D eigenvalue weighted by molar-refractivity contribution is -0.0825. The van der Waals surface area contributed by atoms with Crippen molar-refractivity contribution >= 4 is 11.5 Å². The Balaban J connectivity index is 1.35. The van der Waals surface area contributed by atoms with Gasteiger partial charge >= 0.3 is 0 Å². The fourth-order valence-electron chi connectivity index (χ4n) is 3.31. The van der Waals surface area contributed by atoms with Crippen LogP contribution in [0.1, 0.15) is 12.8 Å². The van der Waals surface area contributed by atoms with Crippen LogP contribution >= 0.6 is 0 Å². The molecule has 2 aliphatic rings. The predicted octanol–water partition coefficient (Wildman–Crippen LogP) is -0.214. The second-order valence-electron chi connectivity index (χ2n) is 6.64. The van der Waals surface area contributed by atoms with Crippen LogP contribution in [0.5, 0.6) is 0 Å². The Bertz CT molecular complexity index is 677. The highest BCUT2D eigenvalue weighted by Crippen LogP contribution is 2.26. The number of hydrogen-bond acceptors (Lipinski definition) is 7. The van der Waals surface area contributed by atoms with Crippen LogP contribution in [-0.2, 0) is 4.74 Å². The molecule has 2 aromatic heterocycles. The third-order valence-corrected chi connectivity index (χ3v) is 4.92. The molecule has 0 aliphatic carbocycles. The predicted molar refractivity (Wildman–Crippen MR) is 84.4 cm³/mol. The van der Waals surface area contributed by atoms with Crippen LogP contribution in [-0.4, -0.2) is 81.4 Å². The molecule has 0 bridgehead atoms. The topological polar surface area (TPSA) is 79.0 Å². The van der Waals surface area contributed by atoms with Gasteiger partial charge in [0.15, 0.2) is 5.65 Å². The fourth-order valence-corrected chi connectivity index (χ4v) is 3.31. The molecule has 4 rings (SSSR count). The Kier molecular flexibility index (Phi) is 3.67. The van der Waals surface area contributed by atoms with Gasteiger partial charge in [-0.15, -0.1) is 15.3 Å². The van der Waals surface area contributed by atoms with E-state index < -0.39 is 5.60 Å². The smallest absolute Gasteiger partial charge is 0.177 e. The van der Waals surface area contributed by atoms with Crippen LogP contribution in [0.25, 0.3) is 5.65 Å². The van der Waals surface area contributed by atoms with Crippen molar-refractivity contribution < 1.29 is 9.84 Å². The zero-order valence-electron chi connectivity index (χ0n) is 13.3. The average molecular weight is 318 g/mol. The van der Waals surface area contributed by atoms with Crippen molar-refractivity contribution in [1.29, 1.82) is 0 Å². The lowest BCUT2D eigenvalue weighted by atomic mass is 9.92. The Hall–Kier alpha value is -1.77. The van der Waals surface area contributed by atoms with E-state index in [-0.39, 0.29) is 0 Å². The molecule has 8 heteroatoms. The lowest BCUT2D eigenvalue weighted by Gasteiger charge is -2.47. The van der Waals surface area contributed by atoms with E-state index >= 15 is 0 Å². The number of anilines is 1. The number of likely N-dealkylation sites (N-methyl/N-ethyl adjacent to an activating group) is 1. The first-order valence-electron chi connectivity index (χ1n) is 8.05. The molecule has 0 unspecified atom stereocenters. The fraction of sp³-hybridized carbons (Fsp3) is 0.667. The minimum atomic E-state index is -0.604. The lowest BCUT2D eigenvalue weighted by Crippen LogP contribution is -2.61.